The van der Waals surface area contributed by atoms with E-state index in [4.69, 9.17) is 14.3 Å². The first-order valence-electron chi connectivity index (χ1n) is 5.03. The molecule has 0 saturated carbocycles. The van der Waals surface area contributed by atoms with Crippen LogP contribution < -0.4 is 0 Å². The Morgan fingerprint density at radius 1 is 1.57 bits per heavy atom. The number of hydrogen-bond acceptors (Lipinski definition) is 4. The van der Waals surface area contributed by atoms with Gasteiger partial charge in [-0.05, 0) is 12.8 Å². The second-order valence-electron chi connectivity index (χ2n) is 3.55. The molecule has 1 aliphatic rings. The third-order valence-corrected chi connectivity index (χ3v) is 2.47. The molecule has 2 heterocycles. The van der Waals surface area contributed by atoms with Crippen molar-refractivity contribution in [1.29, 1.82) is 0 Å². The van der Waals surface area contributed by atoms with Crippen LogP contribution in [-0.4, -0.2) is 29.9 Å². The fraction of sp³-hybridized carbons (Fsp3) is 0.700. The van der Waals surface area contributed by atoms with Crippen molar-refractivity contribution >= 4 is 0 Å². The van der Waals surface area contributed by atoms with Crippen molar-refractivity contribution in [3.63, 3.8) is 0 Å². The predicted molar refractivity (Wildman–Crippen MR) is 50.1 cm³/mol. The maximum Gasteiger partial charge on any atom is 0.196 e. The van der Waals surface area contributed by atoms with Crippen LogP contribution in [-0.2, 0) is 11.2 Å². The highest BCUT2D eigenvalue weighted by Crippen LogP contribution is 2.24. The van der Waals surface area contributed by atoms with Gasteiger partial charge in [-0.1, -0.05) is 0 Å². The number of aromatic nitrogens is 1. The van der Waals surface area contributed by atoms with Crippen LogP contribution in [0.25, 0.3) is 0 Å². The topological polar surface area (TPSA) is 55.5 Å². The van der Waals surface area contributed by atoms with Gasteiger partial charge in [-0.25, -0.2) is 4.98 Å². The molecule has 0 aliphatic carbocycles. The molecule has 78 valence electrons. The molecule has 1 aromatic rings. The fourth-order valence-electron chi connectivity index (χ4n) is 1.70. The lowest BCUT2D eigenvalue weighted by Crippen LogP contribution is -2.15. The summed E-state index contributed by atoms with van der Waals surface area (Å²) in [5.74, 6) is 0.994. The van der Waals surface area contributed by atoms with Crippen molar-refractivity contribution in [2.45, 2.75) is 25.2 Å². The van der Waals surface area contributed by atoms with E-state index in [-0.39, 0.29) is 6.61 Å². The van der Waals surface area contributed by atoms with E-state index in [1.807, 2.05) is 0 Å². The number of oxazole rings is 1. The zero-order valence-electron chi connectivity index (χ0n) is 8.11. The number of aliphatic hydroxyl groups is 1. The lowest BCUT2D eigenvalue weighted by molar-refractivity contribution is 0.0792. The zero-order chi connectivity index (χ0) is 9.80. The lowest BCUT2D eigenvalue weighted by atomic mass is 10.00. The Morgan fingerprint density at radius 2 is 2.50 bits per heavy atom. The van der Waals surface area contributed by atoms with E-state index in [1.54, 1.807) is 6.26 Å². The molecule has 0 radical (unpaired) electrons. The minimum absolute atomic E-state index is 0.0844. The van der Waals surface area contributed by atoms with Gasteiger partial charge in [0.05, 0.1) is 18.9 Å². The van der Waals surface area contributed by atoms with Crippen molar-refractivity contribution in [3.05, 3.63) is 17.8 Å². The van der Waals surface area contributed by atoms with Crippen molar-refractivity contribution in [2.24, 2.45) is 0 Å². The van der Waals surface area contributed by atoms with Gasteiger partial charge < -0.3 is 14.3 Å². The second kappa shape index (κ2) is 4.57. The average molecular weight is 197 g/mol. The fourth-order valence-corrected chi connectivity index (χ4v) is 1.70. The molecule has 1 aromatic heterocycles. The second-order valence-corrected chi connectivity index (χ2v) is 3.55. The van der Waals surface area contributed by atoms with Crippen LogP contribution in [0.1, 0.15) is 30.3 Å². The molecule has 0 spiro atoms. The van der Waals surface area contributed by atoms with Gasteiger partial charge in [-0.3, -0.25) is 0 Å². The third kappa shape index (κ3) is 2.13. The van der Waals surface area contributed by atoms with Crippen LogP contribution in [0, 0.1) is 0 Å². The van der Waals surface area contributed by atoms with Gasteiger partial charge in [-0.2, -0.15) is 0 Å². The van der Waals surface area contributed by atoms with Gasteiger partial charge in [0.1, 0.15) is 6.26 Å². The maximum absolute atomic E-state index is 8.71. The van der Waals surface area contributed by atoms with Crippen molar-refractivity contribution < 1.29 is 14.3 Å². The minimum Gasteiger partial charge on any atom is -0.449 e. The number of nitrogens with zero attached hydrogens (tertiary/aromatic N) is 1. The smallest absolute Gasteiger partial charge is 0.196 e. The Labute approximate surface area is 82.9 Å². The Bertz CT molecular complexity index is 279. The lowest BCUT2D eigenvalue weighted by Gasteiger charge is -2.19. The summed E-state index contributed by atoms with van der Waals surface area (Å²) in [4.78, 5) is 4.32. The SMILES string of the molecule is OCCc1nc(C2CCCOC2)co1. The highest BCUT2D eigenvalue weighted by atomic mass is 16.5. The number of rotatable bonds is 3. The number of ether oxygens (including phenoxy) is 1. The molecule has 0 bridgehead atoms. The standard InChI is InChI=1S/C10H15NO3/c12-4-3-10-11-9(7-14-10)8-2-1-5-13-6-8/h7-8,12H,1-6H2. The summed E-state index contributed by atoms with van der Waals surface area (Å²) in [6, 6.07) is 0. The highest BCUT2D eigenvalue weighted by molar-refractivity contribution is 5.05. The van der Waals surface area contributed by atoms with Crippen LogP contribution in [0.2, 0.25) is 0 Å². The largest absolute Gasteiger partial charge is 0.449 e. The van der Waals surface area contributed by atoms with Crippen LogP contribution in [0.5, 0.6) is 0 Å². The molecule has 0 amide bonds. The van der Waals surface area contributed by atoms with Gasteiger partial charge in [0.15, 0.2) is 5.89 Å². The summed E-state index contributed by atoms with van der Waals surface area (Å²) in [6.45, 7) is 1.68. The normalized spacial score (nSPS) is 22.5. The van der Waals surface area contributed by atoms with Crippen LogP contribution >= 0.6 is 0 Å². The minimum atomic E-state index is 0.0844. The van der Waals surface area contributed by atoms with E-state index in [2.05, 4.69) is 4.98 Å². The maximum atomic E-state index is 8.71. The molecule has 1 atom stereocenters. The quantitative estimate of drug-likeness (QED) is 0.788. The molecule has 1 aliphatic heterocycles. The van der Waals surface area contributed by atoms with E-state index in [0.29, 0.717) is 18.2 Å². The molecule has 1 N–H and O–H groups in total. The Morgan fingerprint density at radius 3 is 3.21 bits per heavy atom. The Kier molecular flexibility index (Phi) is 3.16. The van der Waals surface area contributed by atoms with Gasteiger partial charge >= 0.3 is 0 Å². The predicted octanol–water partition coefficient (Wildman–Crippen LogP) is 1.10. The van der Waals surface area contributed by atoms with Gasteiger partial charge in [0.25, 0.3) is 0 Å². The molecule has 4 heteroatoms. The Balaban J connectivity index is 2.00. The van der Waals surface area contributed by atoms with Gasteiger partial charge in [0, 0.05) is 18.9 Å². The van der Waals surface area contributed by atoms with E-state index in [1.165, 1.54) is 0 Å². The summed E-state index contributed by atoms with van der Waals surface area (Å²) >= 11 is 0. The molecule has 14 heavy (non-hydrogen) atoms. The molecule has 1 unspecified atom stereocenters. The van der Waals surface area contributed by atoms with Crippen LogP contribution in [0.3, 0.4) is 0 Å². The molecule has 4 nitrogen and oxygen atoms in total. The van der Waals surface area contributed by atoms with Crippen LogP contribution in [0.15, 0.2) is 10.7 Å². The van der Waals surface area contributed by atoms with Gasteiger partial charge in [-0.15, -0.1) is 0 Å². The summed E-state index contributed by atoms with van der Waals surface area (Å²) in [7, 11) is 0. The third-order valence-electron chi connectivity index (χ3n) is 2.47. The Hall–Kier alpha value is -0.870. The van der Waals surface area contributed by atoms with Crippen molar-refractivity contribution in [3.8, 4) is 0 Å². The first-order valence-corrected chi connectivity index (χ1v) is 5.03. The average Bonchev–Trinajstić information content (AvgIpc) is 2.68. The van der Waals surface area contributed by atoms with Gasteiger partial charge in [0.2, 0.25) is 0 Å². The first-order chi connectivity index (χ1) is 6.90. The van der Waals surface area contributed by atoms with E-state index >= 15 is 0 Å². The van der Waals surface area contributed by atoms with Crippen molar-refractivity contribution in [2.75, 3.05) is 19.8 Å². The highest BCUT2D eigenvalue weighted by Gasteiger charge is 2.19. The molecule has 1 saturated heterocycles. The van der Waals surface area contributed by atoms with E-state index < -0.39 is 0 Å². The summed E-state index contributed by atoms with van der Waals surface area (Å²) in [5.41, 5.74) is 0.966. The number of aliphatic hydroxyl groups excluding tert-OH is 1. The molecule has 1 fully saturated rings. The summed E-state index contributed by atoms with van der Waals surface area (Å²) in [5, 5.41) is 8.71. The van der Waals surface area contributed by atoms with E-state index in [9.17, 15) is 0 Å². The molecular formula is C10H15NO3. The molecular weight excluding hydrogens is 182 g/mol. The summed E-state index contributed by atoms with van der Waals surface area (Å²) < 4.78 is 10.6. The van der Waals surface area contributed by atoms with Crippen molar-refractivity contribution in [1.82, 2.24) is 4.98 Å². The molecule has 2 rings (SSSR count). The molecule has 0 aromatic carbocycles. The number of hydrogen-bond donors (Lipinski definition) is 1. The first kappa shape index (κ1) is 9.68. The summed E-state index contributed by atoms with van der Waals surface area (Å²) in [6.07, 6.45) is 4.38. The van der Waals surface area contributed by atoms with E-state index in [0.717, 1.165) is 31.7 Å². The zero-order valence-corrected chi connectivity index (χ0v) is 8.11. The monoisotopic (exact) mass is 197 g/mol. The van der Waals surface area contributed by atoms with Crippen LogP contribution in [0.4, 0.5) is 0 Å².